The number of ether oxygens (including phenoxy) is 1. The molecular formula is C16H19N3O. The van der Waals surface area contributed by atoms with Gasteiger partial charge >= 0.3 is 0 Å². The average Bonchev–Trinajstić information content (AvgIpc) is 2.48. The standard InChI is InChI=1S/C16H19N3O/c1-10-7-15(20-3)11(2)6-12(10)16-13-8-17-5-4-14(13)18-9-19-16/h6-7,9,17H,4-5,8H2,1-3H3. The fourth-order valence-electron chi connectivity index (χ4n) is 2.77. The number of nitrogens with zero attached hydrogens (tertiary/aromatic N) is 2. The lowest BCUT2D eigenvalue weighted by atomic mass is 9.96. The lowest BCUT2D eigenvalue weighted by Gasteiger charge is -2.20. The summed E-state index contributed by atoms with van der Waals surface area (Å²) in [4.78, 5) is 8.94. The number of fused-ring (bicyclic) bond motifs is 1. The van der Waals surface area contributed by atoms with Crippen LogP contribution in [0.5, 0.6) is 5.75 Å². The highest BCUT2D eigenvalue weighted by atomic mass is 16.5. The maximum absolute atomic E-state index is 5.38. The van der Waals surface area contributed by atoms with Gasteiger partial charge in [0.2, 0.25) is 0 Å². The van der Waals surface area contributed by atoms with Crippen molar-refractivity contribution < 1.29 is 4.74 Å². The molecule has 0 bridgehead atoms. The first kappa shape index (κ1) is 13.1. The van der Waals surface area contributed by atoms with E-state index in [0.29, 0.717) is 0 Å². The zero-order valence-electron chi connectivity index (χ0n) is 12.2. The Morgan fingerprint density at radius 1 is 1.15 bits per heavy atom. The molecule has 1 aromatic heterocycles. The lowest BCUT2D eigenvalue weighted by molar-refractivity contribution is 0.411. The second-order valence-corrected chi connectivity index (χ2v) is 5.21. The largest absolute Gasteiger partial charge is 0.496 e. The van der Waals surface area contributed by atoms with Crippen molar-refractivity contribution in [3.05, 3.63) is 40.8 Å². The molecule has 0 atom stereocenters. The third kappa shape index (κ3) is 2.16. The summed E-state index contributed by atoms with van der Waals surface area (Å²) in [7, 11) is 1.71. The highest BCUT2D eigenvalue weighted by molar-refractivity contribution is 5.69. The molecule has 2 aromatic rings. The van der Waals surface area contributed by atoms with Gasteiger partial charge in [0.1, 0.15) is 12.1 Å². The van der Waals surface area contributed by atoms with Gasteiger partial charge in [0.05, 0.1) is 18.5 Å². The monoisotopic (exact) mass is 269 g/mol. The Bertz CT molecular complexity index is 652. The Morgan fingerprint density at radius 3 is 2.80 bits per heavy atom. The number of nitrogens with one attached hydrogen (secondary N) is 1. The van der Waals surface area contributed by atoms with E-state index >= 15 is 0 Å². The molecule has 1 aliphatic rings. The molecule has 0 spiro atoms. The molecule has 4 heteroatoms. The fraction of sp³-hybridized carbons (Fsp3) is 0.375. The summed E-state index contributed by atoms with van der Waals surface area (Å²) in [5.41, 5.74) is 6.92. The van der Waals surface area contributed by atoms with Gasteiger partial charge in [-0.25, -0.2) is 9.97 Å². The van der Waals surface area contributed by atoms with Gasteiger partial charge in [-0.2, -0.15) is 0 Å². The van der Waals surface area contributed by atoms with Gasteiger partial charge < -0.3 is 10.1 Å². The van der Waals surface area contributed by atoms with E-state index in [-0.39, 0.29) is 0 Å². The van der Waals surface area contributed by atoms with Gasteiger partial charge in [0.25, 0.3) is 0 Å². The summed E-state index contributed by atoms with van der Waals surface area (Å²) in [5, 5.41) is 3.40. The van der Waals surface area contributed by atoms with E-state index in [1.54, 1.807) is 13.4 Å². The third-order valence-corrected chi connectivity index (χ3v) is 3.87. The second-order valence-electron chi connectivity index (χ2n) is 5.21. The Morgan fingerprint density at radius 2 is 2.00 bits per heavy atom. The Hall–Kier alpha value is -1.94. The van der Waals surface area contributed by atoms with Gasteiger partial charge in [0, 0.05) is 30.6 Å². The summed E-state index contributed by atoms with van der Waals surface area (Å²) in [6.07, 6.45) is 2.65. The van der Waals surface area contributed by atoms with Crippen LogP contribution in [0.3, 0.4) is 0 Å². The van der Waals surface area contributed by atoms with E-state index in [1.807, 2.05) is 0 Å². The van der Waals surface area contributed by atoms with E-state index in [2.05, 4.69) is 41.3 Å². The summed E-state index contributed by atoms with van der Waals surface area (Å²) >= 11 is 0. The first-order chi connectivity index (χ1) is 9.70. The van der Waals surface area contributed by atoms with Crippen molar-refractivity contribution in [1.29, 1.82) is 0 Å². The van der Waals surface area contributed by atoms with E-state index in [9.17, 15) is 0 Å². The van der Waals surface area contributed by atoms with Crippen molar-refractivity contribution in [3.63, 3.8) is 0 Å². The predicted molar refractivity (Wildman–Crippen MR) is 78.9 cm³/mol. The van der Waals surface area contributed by atoms with Crippen LogP contribution in [0.15, 0.2) is 18.5 Å². The lowest BCUT2D eigenvalue weighted by Crippen LogP contribution is -2.25. The van der Waals surface area contributed by atoms with Crippen LogP contribution in [-0.4, -0.2) is 23.6 Å². The number of rotatable bonds is 2. The fourth-order valence-corrected chi connectivity index (χ4v) is 2.77. The molecule has 104 valence electrons. The van der Waals surface area contributed by atoms with Crippen LogP contribution in [0.4, 0.5) is 0 Å². The molecule has 2 heterocycles. The second kappa shape index (κ2) is 5.21. The number of benzene rings is 1. The van der Waals surface area contributed by atoms with Gasteiger partial charge in [-0.05, 0) is 37.1 Å². The number of hydrogen-bond donors (Lipinski definition) is 1. The zero-order chi connectivity index (χ0) is 14.1. The van der Waals surface area contributed by atoms with E-state index in [1.165, 1.54) is 22.4 Å². The van der Waals surface area contributed by atoms with Crippen LogP contribution < -0.4 is 10.1 Å². The average molecular weight is 269 g/mol. The number of aromatic nitrogens is 2. The Balaban J connectivity index is 2.16. The first-order valence-electron chi connectivity index (χ1n) is 6.89. The molecule has 3 rings (SSSR count). The van der Waals surface area contributed by atoms with Crippen molar-refractivity contribution >= 4 is 0 Å². The summed E-state index contributed by atoms with van der Waals surface area (Å²) < 4.78 is 5.38. The molecule has 1 aromatic carbocycles. The van der Waals surface area contributed by atoms with Gasteiger partial charge in [-0.1, -0.05) is 0 Å². The topological polar surface area (TPSA) is 47.0 Å². The SMILES string of the molecule is COc1cc(C)c(-c2ncnc3c2CNCC3)cc1C. The van der Waals surface area contributed by atoms with E-state index in [0.717, 1.165) is 36.5 Å². The molecule has 4 nitrogen and oxygen atoms in total. The molecule has 1 aliphatic heterocycles. The van der Waals surface area contributed by atoms with Crippen LogP contribution in [0, 0.1) is 13.8 Å². The molecule has 20 heavy (non-hydrogen) atoms. The molecule has 0 saturated carbocycles. The van der Waals surface area contributed by atoms with E-state index in [4.69, 9.17) is 4.74 Å². The van der Waals surface area contributed by atoms with Gasteiger partial charge in [0.15, 0.2) is 0 Å². The number of methoxy groups -OCH3 is 1. The van der Waals surface area contributed by atoms with Crippen molar-refractivity contribution in [2.24, 2.45) is 0 Å². The maximum atomic E-state index is 5.38. The minimum absolute atomic E-state index is 0.843. The Kier molecular flexibility index (Phi) is 3.40. The molecular weight excluding hydrogens is 250 g/mol. The first-order valence-corrected chi connectivity index (χ1v) is 6.89. The summed E-state index contributed by atoms with van der Waals surface area (Å²) in [6, 6.07) is 4.24. The van der Waals surface area contributed by atoms with Gasteiger partial charge in [-0.3, -0.25) is 0 Å². The van der Waals surface area contributed by atoms with Crippen molar-refractivity contribution in [1.82, 2.24) is 15.3 Å². The molecule has 0 fully saturated rings. The van der Waals surface area contributed by atoms with Crippen LogP contribution >= 0.6 is 0 Å². The van der Waals surface area contributed by atoms with Crippen molar-refractivity contribution in [2.45, 2.75) is 26.8 Å². The zero-order valence-corrected chi connectivity index (χ0v) is 12.2. The summed E-state index contributed by atoms with van der Waals surface area (Å²) in [5.74, 6) is 0.923. The highest BCUT2D eigenvalue weighted by Gasteiger charge is 2.18. The molecule has 0 saturated heterocycles. The minimum atomic E-state index is 0.843. The molecule has 0 radical (unpaired) electrons. The Labute approximate surface area is 119 Å². The predicted octanol–water partition coefficient (Wildman–Crippen LogP) is 2.41. The van der Waals surface area contributed by atoms with Crippen molar-refractivity contribution in [2.75, 3.05) is 13.7 Å². The van der Waals surface area contributed by atoms with E-state index < -0.39 is 0 Å². The quantitative estimate of drug-likeness (QED) is 0.909. The third-order valence-electron chi connectivity index (χ3n) is 3.87. The molecule has 0 amide bonds. The van der Waals surface area contributed by atoms with Gasteiger partial charge in [-0.15, -0.1) is 0 Å². The highest BCUT2D eigenvalue weighted by Crippen LogP contribution is 2.32. The minimum Gasteiger partial charge on any atom is -0.496 e. The maximum Gasteiger partial charge on any atom is 0.122 e. The van der Waals surface area contributed by atoms with Crippen LogP contribution in [0.2, 0.25) is 0 Å². The number of aryl methyl sites for hydroxylation is 2. The molecule has 1 N–H and O–H groups in total. The van der Waals surface area contributed by atoms with Crippen LogP contribution in [-0.2, 0) is 13.0 Å². The van der Waals surface area contributed by atoms with Crippen molar-refractivity contribution in [3.8, 4) is 17.0 Å². The van der Waals surface area contributed by atoms with Crippen LogP contribution in [0.1, 0.15) is 22.4 Å². The number of hydrogen-bond acceptors (Lipinski definition) is 4. The summed E-state index contributed by atoms with van der Waals surface area (Å²) in [6.45, 7) is 6.00. The molecule has 0 aliphatic carbocycles. The van der Waals surface area contributed by atoms with Crippen LogP contribution in [0.25, 0.3) is 11.3 Å². The smallest absolute Gasteiger partial charge is 0.122 e. The molecule has 0 unspecified atom stereocenters. The normalized spacial score (nSPS) is 13.9.